The van der Waals surface area contributed by atoms with Crippen LogP contribution < -0.4 is 10.2 Å². The van der Waals surface area contributed by atoms with Crippen molar-refractivity contribution in [2.45, 2.75) is 45.8 Å². The van der Waals surface area contributed by atoms with Crippen LogP contribution in [0.5, 0.6) is 0 Å². The van der Waals surface area contributed by atoms with Crippen LogP contribution in [0.1, 0.15) is 45.2 Å². The van der Waals surface area contributed by atoms with E-state index < -0.39 is 0 Å². The zero-order valence-electron chi connectivity index (χ0n) is 13.4. The third-order valence-corrected chi connectivity index (χ3v) is 4.41. The van der Waals surface area contributed by atoms with E-state index in [0.29, 0.717) is 12.1 Å². The molecule has 0 aliphatic carbocycles. The Morgan fingerprint density at radius 3 is 2.90 bits per heavy atom. The van der Waals surface area contributed by atoms with E-state index in [1.165, 1.54) is 5.56 Å². The molecule has 0 amide bonds. The maximum absolute atomic E-state index is 6.52. The Morgan fingerprint density at radius 2 is 2.24 bits per heavy atom. The van der Waals surface area contributed by atoms with Gasteiger partial charge in [0.05, 0.1) is 16.8 Å². The van der Waals surface area contributed by atoms with Crippen LogP contribution in [-0.2, 0) is 4.74 Å². The van der Waals surface area contributed by atoms with Gasteiger partial charge < -0.3 is 15.0 Å². The quantitative estimate of drug-likeness (QED) is 0.859. The molecule has 2 atom stereocenters. The molecule has 4 heteroatoms. The first-order valence-electron chi connectivity index (χ1n) is 8.05. The molecule has 2 unspecified atom stereocenters. The summed E-state index contributed by atoms with van der Waals surface area (Å²) < 4.78 is 5.77. The summed E-state index contributed by atoms with van der Waals surface area (Å²) in [5, 5.41) is 4.26. The molecule has 1 heterocycles. The van der Waals surface area contributed by atoms with Gasteiger partial charge in [-0.3, -0.25) is 0 Å². The Morgan fingerprint density at radius 1 is 1.43 bits per heavy atom. The van der Waals surface area contributed by atoms with E-state index in [9.17, 15) is 0 Å². The Kier molecular flexibility index (Phi) is 6.34. The van der Waals surface area contributed by atoms with Gasteiger partial charge in [0.25, 0.3) is 0 Å². The van der Waals surface area contributed by atoms with E-state index >= 15 is 0 Å². The van der Waals surface area contributed by atoms with Gasteiger partial charge in [0.1, 0.15) is 0 Å². The molecule has 0 radical (unpaired) electrons. The first-order chi connectivity index (χ1) is 10.2. The van der Waals surface area contributed by atoms with Crippen molar-refractivity contribution in [3.63, 3.8) is 0 Å². The molecule has 1 aliphatic rings. The van der Waals surface area contributed by atoms with Crippen molar-refractivity contribution in [3.8, 4) is 0 Å². The van der Waals surface area contributed by atoms with Crippen LogP contribution in [0.4, 0.5) is 5.69 Å². The molecule has 1 aromatic carbocycles. The molecule has 1 aromatic rings. The SMILES string of the molecule is CCNC(C)c1ccc(N2CCCC(OCC)C2)c(Cl)c1. The third kappa shape index (κ3) is 4.35. The highest BCUT2D eigenvalue weighted by Crippen LogP contribution is 2.31. The number of ether oxygens (including phenoxy) is 1. The lowest BCUT2D eigenvalue weighted by molar-refractivity contribution is 0.0527. The fourth-order valence-corrected chi connectivity index (χ4v) is 3.31. The van der Waals surface area contributed by atoms with Crippen LogP contribution in [0.15, 0.2) is 18.2 Å². The molecule has 0 bridgehead atoms. The van der Waals surface area contributed by atoms with Crippen molar-refractivity contribution in [1.82, 2.24) is 5.32 Å². The second kappa shape index (κ2) is 8.02. The number of halogens is 1. The maximum Gasteiger partial charge on any atom is 0.0750 e. The van der Waals surface area contributed by atoms with Gasteiger partial charge in [0.15, 0.2) is 0 Å². The third-order valence-electron chi connectivity index (χ3n) is 4.10. The van der Waals surface area contributed by atoms with Crippen molar-refractivity contribution in [3.05, 3.63) is 28.8 Å². The summed E-state index contributed by atoms with van der Waals surface area (Å²) in [6.07, 6.45) is 2.65. The van der Waals surface area contributed by atoms with Crippen LogP contribution >= 0.6 is 11.6 Å². The Bertz CT molecular complexity index is 450. The molecule has 118 valence electrons. The highest BCUT2D eigenvalue weighted by Gasteiger charge is 2.22. The minimum absolute atomic E-state index is 0.332. The van der Waals surface area contributed by atoms with Crippen molar-refractivity contribution >= 4 is 17.3 Å². The summed E-state index contributed by atoms with van der Waals surface area (Å²) >= 11 is 6.52. The molecule has 0 saturated carbocycles. The summed E-state index contributed by atoms with van der Waals surface area (Å²) in [6.45, 7) is 10.1. The monoisotopic (exact) mass is 310 g/mol. The van der Waals surface area contributed by atoms with Crippen LogP contribution in [0, 0.1) is 0 Å². The fraction of sp³-hybridized carbons (Fsp3) is 0.647. The summed E-state index contributed by atoms with van der Waals surface area (Å²) in [6, 6.07) is 6.76. The van der Waals surface area contributed by atoms with E-state index in [-0.39, 0.29) is 0 Å². The molecule has 2 rings (SSSR count). The summed E-state index contributed by atoms with van der Waals surface area (Å²) in [5.41, 5.74) is 2.37. The van der Waals surface area contributed by atoms with Gasteiger partial charge in [-0.05, 0) is 50.9 Å². The maximum atomic E-state index is 6.52. The number of nitrogens with one attached hydrogen (secondary N) is 1. The molecule has 1 N–H and O–H groups in total. The predicted molar refractivity (Wildman–Crippen MR) is 90.4 cm³/mol. The molecule has 1 saturated heterocycles. The predicted octanol–water partition coefficient (Wildman–Crippen LogP) is 4.02. The van der Waals surface area contributed by atoms with Crippen LogP contribution in [0.25, 0.3) is 0 Å². The largest absolute Gasteiger partial charge is 0.377 e. The lowest BCUT2D eigenvalue weighted by Gasteiger charge is -2.34. The van der Waals surface area contributed by atoms with Gasteiger partial charge in [0.2, 0.25) is 0 Å². The fourth-order valence-electron chi connectivity index (χ4n) is 3.00. The number of benzene rings is 1. The molecule has 3 nitrogen and oxygen atoms in total. The zero-order chi connectivity index (χ0) is 15.2. The van der Waals surface area contributed by atoms with Gasteiger partial charge in [-0.1, -0.05) is 24.6 Å². The van der Waals surface area contributed by atoms with Gasteiger partial charge in [-0.25, -0.2) is 0 Å². The number of rotatable bonds is 6. The van der Waals surface area contributed by atoms with Crippen LogP contribution in [0.2, 0.25) is 5.02 Å². The highest BCUT2D eigenvalue weighted by molar-refractivity contribution is 6.33. The molecule has 0 spiro atoms. The van der Waals surface area contributed by atoms with Crippen molar-refractivity contribution in [1.29, 1.82) is 0 Å². The summed E-state index contributed by atoms with van der Waals surface area (Å²) in [4.78, 5) is 2.36. The van der Waals surface area contributed by atoms with Crippen LogP contribution in [0.3, 0.4) is 0 Å². The lowest BCUT2D eigenvalue weighted by atomic mass is 10.0. The minimum Gasteiger partial charge on any atom is -0.377 e. The average molecular weight is 311 g/mol. The standard InChI is InChI=1S/C17H27ClN2O/c1-4-19-13(3)14-8-9-17(16(18)11-14)20-10-6-7-15(12-20)21-5-2/h8-9,11,13,15,19H,4-7,10,12H2,1-3H3. The Labute approximate surface area is 133 Å². The van der Waals surface area contributed by atoms with Gasteiger partial charge in [-0.15, -0.1) is 0 Å². The average Bonchev–Trinajstić information content (AvgIpc) is 2.48. The second-order valence-corrected chi connectivity index (χ2v) is 6.06. The summed E-state index contributed by atoms with van der Waals surface area (Å²) in [5.74, 6) is 0. The van der Waals surface area contributed by atoms with Crippen molar-refractivity contribution in [2.24, 2.45) is 0 Å². The molecule has 1 aliphatic heterocycles. The first kappa shape index (κ1) is 16.6. The summed E-state index contributed by atoms with van der Waals surface area (Å²) in [7, 11) is 0. The number of piperidine rings is 1. The lowest BCUT2D eigenvalue weighted by Crippen LogP contribution is -2.39. The number of anilines is 1. The molecule has 1 fully saturated rings. The van der Waals surface area contributed by atoms with E-state index in [1.807, 2.05) is 0 Å². The van der Waals surface area contributed by atoms with E-state index in [2.05, 4.69) is 49.2 Å². The molecule has 0 aromatic heterocycles. The van der Waals surface area contributed by atoms with Crippen molar-refractivity contribution in [2.75, 3.05) is 31.1 Å². The molecular weight excluding hydrogens is 284 g/mol. The molecule has 21 heavy (non-hydrogen) atoms. The van der Waals surface area contributed by atoms with Gasteiger partial charge >= 0.3 is 0 Å². The minimum atomic E-state index is 0.332. The van der Waals surface area contributed by atoms with E-state index in [4.69, 9.17) is 16.3 Å². The number of hydrogen-bond donors (Lipinski definition) is 1. The second-order valence-electron chi connectivity index (χ2n) is 5.66. The highest BCUT2D eigenvalue weighted by atomic mass is 35.5. The first-order valence-corrected chi connectivity index (χ1v) is 8.42. The van der Waals surface area contributed by atoms with E-state index in [0.717, 1.165) is 49.8 Å². The zero-order valence-corrected chi connectivity index (χ0v) is 14.1. The van der Waals surface area contributed by atoms with E-state index in [1.54, 1.807) is 0 Å². The number of nitrogens with zero attached hydrogens (tertiary/aromatic N) is 1. The van der Waals surface area contributed by atoms with Gasteiger partial charge in [-0.2, -0.15) is 0 Å². The Balaban J connectivity index is 2.09. The topological polar surface area (TPSA) is 24.5 Å². The number of hydrogen-bond acceptors (Lipinski definition) is 3. The molecular formula is C17H27ClN2O. The smallest absolute Gasteiger partial charge is 0.0750 e. The van der Waals surface area contributed by atoms with Crippen molar-refractivity contribution < 1.29 is 4.74 Å². The Hall–Kier alpha value is -0.770. The van der Waals surface area contributed by atoms with Crippen LogP contribution in [-0.4, -0.2) is 32.3 Å². The normalized spacial score (nSPS) is 20.6. The van der Waals surface area contributed by atoms with Gasteiger partial charge in [0, 0.05) is 25.7 Å².